The standard InChI is InChI=1S/C15H20N2OS2/c1-16-15(10-18)8-4-5-11(9-15)19-14-17-12-6-2-3-7-13(12)20-14/h2-3,6-7,11,16,18H,4-5,8-10H2,1H3. The maximum absolute atomic E-state index is 9.65. The van der Waals surface area contributed by atoms with Gasteiger partial charge in [0.2, 0.25) is 0 Å². The molecule has 1 aliphatic rings. The topological polar surface area (TPSA) is 45.1 Å². The summed E-state index contributed by atoms with van der Waals surface area (Å²) in [6, 6.07) is 8.30. The Morgan fingerprint density at radius 2 is 2.35 bits per heavy atom. The minimum atomic E-state index is -0.0907. The minimum Gasteiger partial charge on any atom is -0.394 e. The Balaban J connectivity index is 1.73. The van der Waals surface area contributed by atoms with Crippen molar-refractivity contribution in [1.82, 2.24) is 10.3 Å². The van der Waals surface area contributed by atoms with E-state index in [4.69, 9.17) is 4.98 Å². The fourth-order valence-corrected chi connectivity index (χ4v) is 5.59. The van der Waals surface area contributed by atoms with Crippen molar-refractivity contribution in [1.29, 1.82) is 0 Å². The second-order valence-corrected chi connectivity index (χ2v) is 8.05. The largest absolute Gasteiger partial charge is 0.394 e. The molecule has 2 atom stereocenters. The number of aliphatic hydroxyl groups excluding tert-OH is 1. The highest BCUT2D eigenvalue weighted by Gasteiger charge is 2.35. The first-order chi connectivity index (χ1) is 9.74. The van der Waals surface area contributed by atoms with Crippen LogP contribution in [0.2, 0.25) is 0 Å². The van der Waals surface area contributed by atoms with Gasteiger partial charge in [-0.1, -0.05) is 30.3 Å². The molecule has 3 nitrogen and oxygen atoms in total. The Kier molecular flexibility index (Phi) is 4.31. The molecule has 20 heavy (non-hydrogen) atoms. The highest BCUT2D eigenvalue weighted by molar-refractivity contribution is 8.01. The normalized spacial score (nSPS) is 27.0. The van der Waals surface area contributed by atoms with Crippen LogP contribution in [0.15, 0.2) is 28.6 Å². The van der Waals surface area contributed by atoms with E-state index in [0.717, 1.165) is 22.7 Å². The number of benzene rings is 1. The molecule has 2 N–H and O–H groups in total. The van der Waals surface area contributed by atoms with Crippen LogP contribution < -0.4 is 5.32 Å². The molecule has 0 saturated heterocycles. The molecule has 0 aliphatic heterocycles. The molecule has 1 fully saturated rings. The number of likely N-dealkylation sites (N-methyl/N-ethyl adjacent to an activating group) is 1. The quantitative estimate of drug-likeness (QED) is 0.910. The number of thioether (sulfide) groups is 1. The summed E-state index contributed by atoms with van der Waals surface area (Å²) in [5, 5.41) is 13.5. The molecule has 1 heterocycles. The van der Waals surface area contributed by atoms with Gasteiger partial charge in [0.25, 0.3) is 0 Å². The van der Waals surface area contributed by atoms with E-state index in [0.29, 0.717) is 5.25 Å². The van der Waals surface area contributed by atoms with Gasteiger partial charge in [0.15, 0.2) is 4.34 Å². The van der Waals surface area contributed by atoms with Gasteiger partial charge < -0.3 is 10.4 Å². The molecule has 2 unspecified atom stereocenters. The molecule has 0 spiro atoms. The van der Waals surface area contributed by atoms with E-state index in [-0.39, 0.29) is 12.1 Å². The summed E-state index contributed by atoms with van der Waals surface area (Å²) in [6.45, 7) is 0.223. The van der Waals surface area contributed by atoms with Gasteiger partial charge in [-0.05, 0) is 38.4 Å². The van der Waals surface area contributed by atoms with Gasteiger partial charge in [0.1, 0.15) is 0 Å². The number of aromatic nitrogens is 1. The van der Waals surface area contributed by atoms with Crippen LogP contribution in [0.1, 0.15) is 25.7 Å². The number of fused-ring (bicyclic) bond motifs is 1. The summed E-state index contributed by atoms with van der Waals surface area (Å²) < 4.78 is 2.41. The molecule has 5 heteroatoms. The molecular weight excluding hydrogens is 288 g/mol. The number of nitrogens with one attached hydrogen (secondary N) is 1. The van der Waals surface area contributed by atoms with Crippen LogP contribution in [0.5, 0.6) is 0 Å². The second kappa shape index (κ2) is 6.02. The molecule has 1 aromatic carbocycles. The van der Waals surface area contributed by atoms with E-state index in [9.17, 15) is 5.11 Å². The smallest absolute Gasteiger partial charge is 0.151 e. The Morgan fingerprint density at radius 1 is 1.50 bits per heavy atom. The number of thiazole rings is 1. The first-order valence-corrected chi connectivity index (χ1v) is 8.76. The van der Waals surface area contributed by atoms with Crippen molar-refractivity contribution in [3.63, 3.8) is 0 Å². The first-order valence-electron chi connectivity index (χ1n) is 7.07. The van der Waals surface area contributed by atoms with E-state index in [1.807, 2.05) is 24.9 Å². The third-order valence-corrected chi connectivity index (χ3v) is 6.57. The van der Waals surface area contributed by atoms with Crippen LogP contribution in [0.3, 0.4) is 0 Å². The summed E-state index contributed by atoms with van der Waals surface area (Å²) in [5.74, 6) is 0. The molecule has 1 aliphatic carbocycles. The van der Waals surface area contributed by atoms with Crippen LogP contribution in [-0.4, -0.2) is 34.5 Å². The summed E-state index contributed by atoms with van der Waals surface area (Å²) >= 11 is 3.65. The Labute approximate surface area is 127 Å². The van der Waals surface area contributed by atoms with Gasteiger partial charge in [0.05, 0.1) is 16.8 Å². The SMILES string of the molecule is CNC1(CO)CCCC(Sc2nc3ccccc3s2)C1. The fraction of sp³-hybridized carbons (Fsp3) is 0.533. The predicted octanol–water partition coefficient (Wildman–Crippen LogP) is 3.28. The van der Waals surface area contributed by atoms with Gasteiger partial charge in [-0.15, -0.1) is 11.3 Å². The van der Waals surface area contributed by atoms with Gasteiger partial charge in [-0.3, -0.25) is 0 Å². The fourth-order valence-electron chi connectivity index (χ4n) is 2.90. The molecule has 0 amide bonds. The molecule has 0 bridgehead atoms. The zero-order chi connectivity index (χ0) is 14.0. The van der Waals surface area contributed by atoms with E-state index >= 15 is 0 Å². The summed E-state index contributed by atoms with van der Waals surface area (Å²) in [7, 11) is 1.96. The van der Waals surface area contributed by atoms with Crippen LogP contribution in [0.4, 0.5) is 0 Å². The van der Waals surface area contributed by atoms with Crippen LogP contribution >= 0.6 is 23.1 Å². The zero-order valence-corrected chi connectivity index (χ0v) is 13.3. The first kappa shape index (κ1) is 14.3. The maximum Gasteiger partial charge on any atom is 0.151 e. The number of hydrogen-bond acceptors (Lipinski definition) is 5. The molecule has 0 radical (unpaired) electrons. The Morgan fingerprint density at radius 3 is 3.10 bits per heavy atom. The number of aliphatic hydroxyl groups is 1. The lowest BCUT2D eigenvalue weighted by atomic mass is 9.82. The van der Waals surface area contributed by atoms with E-state index in [1.165, 1.54) is 17.5 Å². The van der Waals surface area contributed by atoms with Crippen molar-refractivity contribution < 1.29 is 5.11 Å². The zero-order valence-electron chi connectivity index (χ0n) is 11.6. The molecule has 1 saturated carbocycles. The number of para-hydroxylation sites is 1. The lowest BCUT2D eigenvalue weighted by molar-refractivity contribution is 0.131. The van der Waals surface area contributed by atoms with Crippen molar-refractivity contribution >= 4 is 33.3 Å². The van der Waals surface area contributed by atoms with Gasteiger partial charge in [-0.25, -0.2) is 4.98 Å². The van der Waals surface area contributed by atoms with Crippen molar-refractivity contribution in [3.8, 4) is 0 Å². The average molecular weight is 308 g/mol. The number of rotatable bonds is 4. The third kappa shape index (κ3) is 2.86. The molecule has 2 aromatic rings. The van der Waals surface area contributed by atoms with Crippen LogP contribution in [0.25, 0.3) is 10.2 Å². The highest BCUT2D eigenvalue weighted by atomic mass is 32.2. The minimum absolute atomic E-state index is 0.0907. The average Bonchev–Trinajstić information content (AvgIpc) is 2.89. The predicted molar refractivity (Wildman–Crippen MR) is 86.6 cm³/mol. The summed E-state index contributed by atoms with van der Waals surface area (Å²) in [6.07, 6.45) is 4.46. The van der Waals surface area contributed by atoms with Crippen molar-refractivity contribution in [3.05, 3.63) is 24.3 Å². The second-order valence-electron chi connectivity index (χ2n) is 5.47. The monoisotopic (exact) mass is 308 g/mol. The summed E-state index contributed by atoms with van der Waals surface area (Å²) in [5.41, 5.74) is 1.00. The van der Waals surface area contributed by atoms with Crippen molar-refractivity contribution in [2.45, 2.75) is 40.8 Å². The molecule has 108 valence electrons. The van der Waals surface area contributed by atoms with E-state index in [2.05, 4.69) is 23.5 Å². The van der Waals surface area contributed by atoms with Crippen molar-refractivity contribution in [2.75, 3.05) is 13.7 Å². The number of nitrogens with zero attached hydrogens (tertiary/aromatic N) is 1. The van der Waals surface area contributed by atoms with Crippen molar-refractivity contribution in [2.24, 2.45) is 0 Å². The van der Waals surface area contributed by atoms with Gasteiger partial charge >= 0.3 is 0 Å². The maximum atomic E-state index is 9.65. The highest BCUT2D eigenvalue weighted by Crippen LogP contribution is 2.40. The van der Waals surface area contributed by atoms with Gasteiger partial charge in [0, 0.05) is 10.8 Å². The Hall–Kier alpha value is -0.620. The van der Waals surface area contributed by atoms with E-state index < -0.39 is 0 Å². The summed E-state index contributed by atoms with van der Waals surface area (Å²) in [4.78, 5) is 4.70. The lowest BCUT2D eigenvalue weighted by Gasteiger charge is -2.39. The van der Waals surface area contributed by atoms with Gasteiger partial charge in [-0.2, -0.15) is 0 Å². The molecule has 3 rings (SSSR count). The third-order valence-electron chi connectivity index (χ3n) is 4.17. The van der Waals surface area contributed by atoms with Crippen LogP contribution in [-0.2, 0) is 0 Å². The Bertz CT molecular complexity index is 547. The van der Waals surface area contributed by atoms with Crippen LogP contribution in [0, 0.1) is 0 Å². The van der Waals surface area contributed by atoms with E-state index in [1.54, 1.807) is 11.3 Å². The number of hydrogen-bond donors (Lipinski definition) is 2. The lowest BCUT2D eigenvalue weighted by Crippen LogP contribution is -2.50. The molecular formula is C15H20N2OS2. The molecule has 1 aromatic heterocycles.